The Morgan fingerprint density at radius 3 is 2.74 bits per heavy atom. The Bertz CT molecular complexity index is 706. The number of hydrogen-bond donors (Lipinski definition) is 2. The monoisotopic (exact) mass is 262 g/mol. The number of aromatic nitrogens is 3. The molecule has 0 aliphatic rings. The van der Waals surface area contributed by atoms with Crippen LogP contribution < -0.4 is 10.7 Å². The van der Waals surface area contributed by atoms with Gasteiger partial charge >= 0.3 is 5.97 Å². The van der Waals surface area contributed by atoms with Crippen LogP contribution in [0.15, 0.2) is 17.2 Å². The summed E-state index contributed by atoms with van der Waals surface area (Å²) in [6, 6.07) is 0.160. The molecule has 0 aromatic carbocycles. The molecule has 0 saturated heterocycles. The fourth-order valence-electron chi connectivity index (χ4n) is 1.74. The number of hydrogen-bond acceptors (Lipinski definition) is 5. The normalized spacial score (nSPS) is 10.9. The van der Waals surface area contributed by atoms with Crippen LogP contribution in [0.5, 0.6) is 0 Å². The van der Waals surface area contributed by atoms with E-state index in [0.29, 0.717) is 11.6 Å². The molecule has 7 nitrogen and oxygen atoms in total. The van der Waals surface area contributed by atoms with Gasteiger partial charge in [-0.1, -0.05) is 0 Å². The smallest absolute Gasteiger partial charge is 0.341 e. The average Bonchev–Trinajstić information content (AvgIpc) is 2.32. The summed E-state index contributed by atoms with van der Waals surface area (Å²) < 4.78 is 1.51. The second kappa shape index (κ2) is 4.68. The molecule has 2 rings (SSSR count). The number of aryl methyl sites for hydroxylation is 1. The van der Waals surface area contributed by atoms with Crippen molar-refractivity contribution in [1.29, 1.82) is 0 Å². The van der Waals surface area contributed by atoms with Gasteiger partial charge in [0.25, 0.3) is 0 Å². The molecule has 2 aromatic rings. The zero-order valence-corrected chi connectivity index (χ0v) is 10.8. The predicted molar refractivity (Wildman–Crippen MR) is 70.5 cm³/mol. The zero-order chi connectivity index (χ0) is 14.2. The molecule has 19 heavy (non-hydrogen) atoms. The molecule has 2 heterocycles. The quantitative estimate of drug-likeness (QED) is 0.851. The standard InChI is InChI=1S/C12H14N4O3/c1-6(2)14-12-13-4-7-9(17)8(11(18)19)5-16(3)10(7)15-12/h4-6H,1-3H3,(H,18,19)(H,13,14,15). The van der Waals surface area contributed by atoms with E-state index in [-0.39, 0.29) is 17.0 Å². The molecule has 7 heteroatoms. The van der Waals surface area contributed by atoms with Crippen LogP contribution in [0.4, 0.5) is 5.95 Å². The van der Waals surface area contributed by atoms with Gasteiger partial charge in [0.1, 0.15) is 11.2 Å². The lowest BCUT2D eigenvalue weighted by Gasteiger charge is -2.10. The molecule has 0 amide bonds. The molecule has 0 aliphatic carbocycles. The van der Waals surface area contributed by atoms with E-state index in [1.807, 2.05) is 13.8 Å². The molecule has 0 aliphatic heterocycles. The lowest BCUT2D eigenvalue weighted by molar-refractivity contribution is 0.0695. The van der Waals surface area contributed by atoms with E-state index in [9.17, 15) is 9.59 Å². The van der Waals surface area contributed by atoms with E-state index in [0.717, 1.165) is 0 Å². The summed E-state index contributed by atoms with van der Waals surface area (Å²) in [6.45, 7) is 3.89. The van der Waals surface area contributed by atoms with Crippen molar-refractivity contribution >= 4 is 23.0 Å². The molecule has 0 bridgehead atoms. The lowest BCUT2D eigenvalue weighted by Crippen LogP contribution is -2.20. The summed E-state index contributed by atoms with van der Waals surface area (Å²) >= 11 is 0. The zero-order valence-electron chi connectivity index (χ0n) is 10.8. The van der Waals surface area contributed by atoms with Gasteiger partial charge in [0.2, 0.25) is 11.4 Å². The van der Waals surface area contributed by atoms with Crippen LogP contribution in [0.1, 0.15) is 24.2 Å². The van der Waals surface area contributed by atoms with Gasteiger partial charge in [0.05, 0.1) is 5.39 Å². The lowest BCUT2D eigenvalue weighted by atomic mass is 10.2. The maximum atomic E-state index is 12.0. The van der Waals surface area contributed by atoms with Crippen LogP contribution in [0.25, 0.3) is 11.0 Å². The number of nitrogens with one attached hydrogen (secondary N) is 1. The first-order valence-corrected chi connectivity index (χ1v) is 5.76. The Morgan fingerprint density at radius 1 is 1.47 bits per heavy atom. The topological polar surface area (TPSA) is 97.1 Å². The first-order chi connectivity index (χ1) is 8.90. The van der Waals surface area contributed by atoms with E-state index >= 15 is 0 Å². The summed E-state index contributed by atoms with van der Waals surface area (Å²) in [6.07, 6.45) is 2.61. The van der Waals surface area contributed by atoms with Gasteiger partial charge in [0.15, 0.2) is 0 Å². The van der Waals surface area contributed by atoms with Crippen LogP contribution in [-0.2, 0) is 7.05 Å². The minimum absolute atomic E-state index is 0.160. The number of pyridine rings is 1. The molecule has 2 N–H and O–H groups in total. The number of carboxylic acids is 1. The van der Waals surface area contributed by atoms with Crippen molar-refractivity contribution < 1.29 is 9.90 Å². The third kappa shape index (κ3) is 2.40. The molecular formula is C12H14N4O3. The van der Waals surface area contributed by atoms with Crippen molar-refractivity contribution in [3.63, 3.8) is 0 Å². The van der Waals surface area contributed by atoms with Gasteiger partial charge in [-0.15, -0.1) is 0 Å². The Kier molecular flexibility index (Phi) is 3.20. The fraction of sp³-hybridized carbons (Fsp3) is 0.333. The van der Waals surface area contributed by atoms with Crippen molar-refractivity contribution in [2.24, 2.45) is 7.05 Å². The van der Waals surface area contributed by atoms with Crippen molar-refractivity contribution in [1.82, 2.24) is 14.5 Å². The van der Waals surface area contributed by atoms with Crippen molar-refractivity contribution in [2.75, 3.05) is 5.32 Å². The molecule has 0 radical (unpaired) electrons. The number of carbonyl (C=O) groups is 1. The highest BCUT2D eigenvalue weighted by Gasteiger charge is 2.15. The first-order valence-electron chi connectivity index (χ1n) is 5.76. The van der Waals surface area contributed by atoms with Gasteiger partial charge in [-0.05, 0) is 13.8 Å². The Balaban J connectivity index is 2.69. The SMILES string of the molecule is CC(C)Nc1ncc2c(=O)c(C(=O)O)cn(C)c2n1. The highest BCUT2D eigenvalue weighted by Crippen LogP contribution is 2.10. The van der Waals surface area contributed by atoms with Gasteiger partial charge in [0, 0.05) is 25.5 Å². The van der Waals surface area contributed by atoms with Crippen LogP contribution in [0, 0.1) is 0 Å². The third-order valence-electron chi connectivity index (χ3n) is 2.56. The number of rotatable bonds is 3. The van der Waals surface area contributed by atoms with E-state index in [1.165, 1.54) is 17.0 Å². The van der Waals surface area contributed by atoms with E-state index in [4.69, 9.17) is 5.11 Å². The van der Waals surface area contributed by atoms with Gasteiger partial charge in [-0.2, -0.15) is 4.98 Å². The molecule has 0 fully saturated rings. The second-order valence-electron chi connectivity index (χ2n) is 4.52. The molecule has 0 saturated carbocycles. The number of nitrogens with zero attached hydrogens (tertiary/aromatic N) is 3. The summed E-state index contributed by atoms with van der Waals surface area (Å²) in [5, 5.41) is 12.2. The average molecular weight is 262 g/mol. The largest absolute Gasteiger partial charge is 0.477 e. The van der Waals surface area contributed by atoms with Crippen molar-refractivity contribution in [2.45, 2.75) is 19.9 Å². The van der Waals surface area contributed by atoms with Crippen LogP contribution in [0.3, 0.4) is 0 Å². The molecule has 2 aromatic heterocycles. The van der Waals surface area contributed by atoms with E-state index in [2.05, 4.69) is 15.3 Å². The number of carboxylic acid groups (broad SMARTS) is 1. The molecule has 0 spiro atoms. The number of anilines is 1. The summed E-state index contributed by atoms with van der Waals surface area (Å²) in [5.74, 6) is -0.854. The predicted octanol–water partition coefficient (Wildman–Crippen LogP) is 0.847. The molecule has 0 unspecified atom stereocenters. The molecule has 0 atom stereocenters. The summed E-state index contributed by atoms with van der Waals surface area (Å²) in [4.78, 5) is 31.2. The molecular weight excluding hydrogens is 248 g/mol. The van der Waals surface area contributed by atoms with Crippen molar-refractivity contribution in [3.05, 3.63) is 28.2 Å². The maximum Gasteiger partial charge on any atom is 0.341 e. The highest BCUT2D eigenvalue weighted by atomic mass is 16.4. The highest BCUT2D eigenvalue weighted by molar-refractivity contribution is 5.91. The minimum Gasteiger partial charge on any atom is -0.477 e. The molecule has 100 valence electrons. The van der Waals surface area contributed by atoms with Crippen LogP contribution in [0.2, 0.25) is 0 Å². The fourth-order valence-corrected chi connectivity index (χ4v) is 1.74. The minimum atomic E-state index is -1.26. The van der Waals surface area contributed by atoms with E-state index in [1.54, 1.807) is 7.05 Å². The van der Waals surface area contributed by atoms with Crippen LogP contribution in [-0.4, -0.2) is 31.7 Å². The number of fused-ring (bicyclic) bond motifs is 1. The summed E-state index contributed by atoms with van der Waals surface area (Å²) in [7, 11) is 1.64. The Morgan fingerprint density at radius 2 is 2.16 bits per heavy atom. The van der Waals surface area contributed by atoms with Crippen molar-refractivity contribution in [3.8, 4) is 0 Å². The maximum absolute atomic E-state index is 12.0. The van der Waals surface area contributed by atoms with Gasteiger partial charge < -0.3 is 15.0 Å². The third-order valence-corrected chi connectivity index (χ3v) is 2.56. The first kappa shape index (κ1) is 13.0. The van der Waals surface area contributed by atoms with Gasteiger partial charge in [-0.3, -0.25) is 4.79 Å². The van der Waals surface area contributed by atoms with Gasteiger partial charge in [-0.25, -0.2) is 9.78 Å². The van der Waals surface area contributed by atoms with E-state index < -0.39 is 11.4 Å². The second-order valence-corrected chi connectivity index (χ2v) is 4.52. The Hall–Kier alpha value is -2.44. The summed E-state index contributed by atoms with van der Waals surface area (Å²) in [5.41, 5.74) is -0.465. The van der Waals surface area contributed by atoms with Crippen LogP contribution >= 0.6 is 0 Å². The Labute approximate surface area is 108 Å². The number of aromatic carboxylic acids is 1.